The third-order valence-electron chi connectivity index (χ3n) is 24.9. The Morgan fingerprint density at radius 2 is 0.441 bits per heavy atom. The van der Waals surface area contributed by atoms with Crippen LogP contribution in [0.25, 0.3) is 0 Å². The number of aliphatic hydroxyl groups excluding tert-OH is 29. The minimum absolute atomic E-state index is 0.875. The fraction of sp³-hybridized carbons (Fsp3) is 0.934. The first-order valence-electron chi connectivity index (χ1n) is 43.5. The molecule has 0 bridgehead atoms. The molecule has 60 nitrogen and oxygen atoms in total. The lowest BCUT2D eigenvalue weighted by Gasteiger charge is -2.52. The van der Waals surface area contributed by atoms with E-state index in [1.165, 1.54) is 6.92 Å². The van der Waals surface area contributed by atoms with Gasteiger partial charge in [-0.3, -0.25) is 24.0 Å². The van der Waals surface area contributed by atoms with E-state index in [2.05, 4.69) is 26.6 Å². The highest BCUT2D eigenvalue weighted by molar-refractivity contribution is 5.75. The summed E-state index contributed by atoms with van der Waals surface area (Å²) in [6, 6.07) is -9.89. The van der Waals surface area contributed by atoms with Crippen LogP contribution >= 0.6 is 0 Å². The van der Waals surface area contributed by atoms with E-state index in [0.717, 1.165) is 34.6 Å². The lowest BCUT2D eigenvalue weighted by Crippen LogP contribution is -2.71. The highest BCUT2D eigenvalue weighted by Crippen LogP contribution is 2.42. The van der Waals surface area contributed by atoms with Gasteiger partial charge in [-0.1, -0.05) is 0 Å². The Hall–Kier alpha value is -4.65. The predicted molar refractivity (Wildman–Crippen MR) is 419 cm³/mol. The number of nitrogens with one attached hydrogen (secondary N) is 5. The van der Waals surface area contributed by atoms with Gasteiger partial charge in [0.2, 0.25) is 29.5 Å². The molecule has 11 saturated heterocycles. The van der Waals surface area contributed by atoms with Gasteiger partial charge in [0.05, 0.1) is 72.2 Å². The van der Waals surface area contributed by atoms with E-state index in [-0.39, 0.29) is 0 Å². The standard InChI is InChI=1S/C76H127N5O55/c1-17-38(95)48(105)53(110)71(118-17)116-15-31-62(44(101)33(66(115)119-31)77-18(2)90)130-69-36(80-21(5)93)46(103)60(29(13-88)125-69)133-75-57(114)64(135-74-56(113)52(109)61(30(14-89)127-74)129-68-35(79-20(4)92)45(102)58(27(11-86)124-68)131-72-54(111)49(106)40(97)24(8-83)121-72)63(134-67-34(78-19(3)91)43(100)39(96)23(7-82)120-67)32(128-75)16-117-76-65(51(108)42(99)26(10-85)123-76)136-70-37(81-22(6)94)47(104)59(28(12-87)126-70)132-73-55(112)50(107)41(98)25(9-84)122-73/h17,23-76,82-89,95-115H,7-16H2,1-6H3,(H,77,90)(H,78,91)(H,79,92)(H,80,93)(H,81,94)/t17-,23+,24+,25+,26+,27+,28+,29+,30+,31+,32+,33+,34+,35+,36+,37+,38+,39+,40-,41-,42+,43+,44+,45+,46+,47+,48+,49-,50-,51-,52+,53-,54+,55+,56-,57-,58+,59+,60+,61+,62+,63+,64+,65-,66+,67-,68-,69-,70-,71+,72-,73-,74+,75-,76-/m0/s1. The van der Waals surface area contributed by atoms with Crippen LogP contribution in [0.1, 0.15) is 41.5 Å². The molecule has 0 saturated carbocycles. The van der Waals surface area contributed by atoms with Gasteiger partial charge in [-0.2, -0.15) is 0 Å². The van der Waals surface area contributed by atoms with Crippen molar-refractivity contribution in [3.63, 3.8) is 0 Å². The number of aliphatic hydroxyl groups is 29. The molecule has 11 heterocycles. The zero-order valence-electron chi connectivity index (χ0n) is 73.4. The Balaban J connectivity index is 0.977. The van der Waals surface area contributed by atoms with Crippen molar-refractivity contribution in [3.8, 4) is 0 Å². The average Bonchev–Trinajstić information content (AvgIpc) is 0.751. The van der Waals surface area contributed by atoms with Crippen molar-refractivity contribution in [2.45, 2.75) is 379 Å². The minimum atomic E-state index is -2.77. The van der Waals surface area contributed by atoms with Crippen LogP contribution < -0.4 is 26.6 Å². The first kappa shape index (κ1) is 112. The zero-order valence-corrected chi connectivity index (χ0v) is 73.4. The van der Waals surface area contributed by atoms with Crippen LogP contribution in [0, 0.1) is 0 Å². The van der Waals surface area contributed by atoms with Crippen LogP contribution in [-0.4, -0.2) is 581 Å². The Bertz CT molecular complexity index is 3760. The molecular weight excluding hydrogens is 1860 g/mol. The number of amides is 5. The van der Waals surface area contributed by atoms with Gasteiger partial charge < -0.3 is 274 Å². The van der Waals surface area contributed by atoms with Gasteiger partial charge in [-0.25, -0.2) is 0 Å². The summed E-state index contributed by atoms with van der Waals surface area (Å²) in [6.07, 6.45) is -107. The third kappa shape index (κ3) is 24.8. The van der Waals surface area contributed by atoms with Crippen LogP contribution in [0.2, 0.25) is 0 Å². The quantitative estimate of drug-likeness (QED) is 0.0280. The Morgan fingerprint density at radius 1 is 0.206 bits per heavy atom. The number of hydrogen-bond acceptors (Lipinski definition) is 55. The van der Waals surface area contributed by atoms with Crippen molar-refractivity contribution in [2.24, 2.45) is 0 Å². The lowest BCUT2D eigenvalue weighted by atomic mass is 9.93. The molecular formula is C76H127N5O55. The molecule has 0 aromatic carbocycles. The van der Waals surface area contributed by atoms with E-state index in [1.54, 1.807) is 0 Å². The molecule has 11 fully saturated rings. The molecule has 55 atom stereocenters. The van der Waals surface area contributed by atoms with Crippen LogP contribution in [-0.2, 0) is 123 Å². The van der Waals surface area contributed by atoms with Crippen LogP contribution in [0.4, 0.5) is 0 Å². The van der Waals surface area contributed by atoms with Gasteiger partial charge in [-0.15, -0.1) is 0 Å². The van der Waals surface area contributed by atoms with Crippen molar-refractivity contribution < 1.29 is 272 Å². The lowest BCUT2D eigenvalue weighted by molar-refractivity contribution is -0.405. The van der Waals surface area contributed by atoms with E-state index >= 15 is 0 Å². The average molecular weight is 1990 g/mol. The first-order valence-corrected chi connectivity index (χ1v) is 43.5. The number of hydrogen-bond donors (Lipinski definition) is 34. The molecule has 0 radical (unpaired) electrons. The van der Waals surface area contributed by atoms with Crippen molar-refractivity contribution in [2.75, 3.05) is 66.1 Å². The van der Waals surface area contributed by atoms with Gasteiger partial charge >= 0.3 is 0 Å². The summed E-state index contributed by atoms with van der Waals surface area (Å²) >= 11 is 0. The second-order valence-corrected chi connectivity index (χ2v) is 34.5. The summed E-state index contributed by atoms with van der Waals surface area (Å²) in [5.41, 5.74) is 0. The topological polar surface area (TPSA) is 926 Å². The van der Waals surface area contributed by atoms with Crippen LogP contribution in [0.5, 0.6) is 0 Å². The van der Waals surface area contributed by atoms with E-state index in [1.807, 2.05) is 0 Å². The van der Waals surface area contributed by atoms with Crippen LogP contribution in [0.15, 0.2) is 0 Å². The number of carbonyl (C=O) groups is 5. The van der Waals surface area contributed by atoms with E-state index in [9.17, 15) is 172 Å². The number of rotatable bonds is 35. The summed E-state index contributed by atoms with van der Waals surface area (Å²) in [7, 11) is 0. The number of ether oxygens (including phenoxy) is 21. The Morgan fingerprint density at radius 3 is 0.831 bits per heavy atom. The largest absolute Gasteiger partial charge is 0.394 e. The van der Waals surface area contributed by atoms with Gasteiger partial charge in [-0.05, 0) is 6.92 Å². The molecule has 11 aliphatic heterocycles. The molecule has 0 unspecified atom stereocenters. The molecule has 0 spiro atoms. The van der Waals surface area contributed by atoms with Gasteiger partial charge in [0.15, 0.2) is 69.2 Å². The summed E-state index contributed by atoms with van der Waals surface area (Å²) in [4.78, 5) is 65.3. The van der Waals surface area contributed by atoms with Crippen molar-refractivity contribution in [3.05, 3.63) is 0 Å². The smallest absolute Gasteiger partial charge is 0.217 e. The minimum Gasteiger partial charge on any atom is -0.394 e. The Labute approximate surface area is 770 Å². The second-order valence-electron chi connectivity index (χ2n) is 34.5. The summed E-state index contributed by atoms with van der Waals surface area (Å²) < 4.78 is 127. The maximum Gasteiger partial charge on any atom is 0.217 e. The SMILES string of the molecule is CC(=O)N[C@@H]1[C@@H](O)[C@H](O[C@@H]2O[C@H](CO)[C@@H](O[C@@H]3O[C@H](CO[C@H]4O[C@H](CO)[C@@H](O)[C@H](O)[C@@H]4O[C@@H]4O[C@H](CO)[C@@H](O[C@@H]5O[C@H](CO)[C@H](O)[C@H](O)[C@H]5O)[C@H](O)[C@H]4NC(C)=O)[C@@H](O[C@@H]4O[C@H](CO)[C@@H](O)[C@H](O)[C@H]4NC(C)=O)[C@H](O[C@H]4O[C@H](CO)[C@@H](O[C@@H]5O[C@H](CO)[C@@H](O[C@@H]6O[C@H](CO)[C@H](O)[C@H](O)[C@H]6O)[C@H](O)[C@H]5NC(C)=O)[C@H](O)[C@@H]4O)[C@@H]3O)[C@H](O)[C@H]2NC(C)=O)[C@@H](CO[C@@H]2O[C@@H](C)[C@@H](O)[C@@H](O)[C@@H]2O)O[C@H]1O. The first-order chi connectivity index (χ1) is 64.3. The van der Waals surface area contributed by atoms with Crippen molar-refractivity contribution in [1.82, 2.24) is 26.6 Å². The molecule has 34 N–H and O–H groups in total. The monoisotopic (exact) mass is 1990 g/mol. The maximum atomic E-state index is 13.5. The fourth-order valence-corrected chi connectivity index (χ4v) is 17.7. The highest BCUT2D eigenvalue weighted by atomic mass is 16.8. The second kappa shape index (κ2) is 48.8. The normalized spacial score (nSPS) is 49.2. The molecule has 0 aromatic rings. The summed E-state index contributed by atoms with van der Waals surface area (Å²) in [6.45, 7) is -5.73. The molecule has 786 valence electrons. The van der Waals surface area contributed by atoms with E-state index in [4.69, 9.17) is 99.5 Å². The Kier molecular flexibility index (Phi) is 40.1. The molecule has 136 heavy (non-hydrogen) atoms. The molecule has 0 aromatic heterocycles. The zero-order chi connectivity index (χ0) is 100. The summed E-state index contributed by atoms with van der Waals surface area (Å²) in [5.74, 6) is -4.88. The van der Waals surface area contributed by atoms with Gasteiger partial charge in [0, 0.05) is 34.6 Å². The van der Waals surface area contributed by atoms with Crippen LogP contribution in [0.3, 0.4) is 0 Å². The van der Waals surface area contributed by atoms with Crippen molar-refractivity contribution >= 4 is 29.5 Å². The molecule has 11 rings (SSSR count). The predicted octanol–water partition coefficient (Wildman–Crippen LogP) is -23.2. The molecule has 60 heteroatoms. The fourth-order valence-electron chi connectivity index (χ4n) is 17.7. The van der Waals surface area contributed by atoms with E-state index in [0.29, 0.717) is 0 Å². The molecule has 5 amide bonds. The maximum absolute atomic E-state index is 13.5. The highest BCUT2D eigenvalue weighted by Gasteiger charge is 2.63. The van der Waals surface area contributed by atoms with Gasteiger partial charge in [0.1, 0.15) is 262 Å². The van der Waals surface area contributed by atoms with E-state index < -0.39 is 433 Å². The molecule has 0 aliphatic carbocycles. The molecule has 11 aliphatic rings. The van der Waals surface area contributed by atoms with Crippen molar-refractivity contribution in [1.29, 1.82) is 0 Å². The summed E-state index contributed by atoms with van der Waals surface area (Å²) in [5, 5.41) is 339. The third-order valence-corrected chi connectivity index (χ3v) is 24.9. The van der Waals surface area contributed by atoms with Gasteiger partial charge in [0.25, 0.3) is 0 Å². The number of carbonyl (C=O) groups excluding carboxylic acids is 5.